The van der Waals surface area contributed by atoms with Gasteiger partial charge in [0.1, 0.15) is 5.69 Å². The summed E-state index contributed by atoms with van der Waals surface area (Å²) in [6.45, 7) is 7.57. The summed E-state index contributed by atoms with van der Waals surface area (Å²) < 4.78 is 1.58. The van der Waals surface area contributed by atoms with Gasteiger partial charge in [0, 0.05) is 10.6 Å². The van der Waals surface area contributed by atoms with Crippen LogP contribution in [0.4, 0.5) is 5.69 Å². The molecule has 0 bridgehead atoms. The van der Waals surface area contributed by atoms with Crippen molar-refractivity contribution in [3.8, 4) is 0 Å². The monoisotopic (exact) mass is 355 g/mol. The van der Waals surface area contributed by atoms with Gasteiger partial charge in [0.25, 0.3) is 5.56 Å². The Kier molecular flexibility index (Phi) is 4.72. The third-order valence-corrected chi connectivity index (χ3v) is 5.56. The zero-order valence-electron chi connectivity index (χ0n) is 14.8. The van der Waals surface area contributed by atoms with E-state index in [0.717, 1.165) is 16.1 Å². The number of benzene rings is 1. The van der Waals surface area contributed by atoms with Crippen LogP contribution in [0, 0.1) is 20.8 Å². The highest BCUT2D eigenvalue weighted by atomic mass is 32.1. The summed E-state index contributed by atoms with van der Waals surface area (Å²) in [4.78, 5) is 31.9. The number of hydrogen-bond donors (Lipinski definition) is 1. The topological polar surface area (TPSA) is 63.5 Å². The quantitative estimate of drug-likeness (QED) is 0.774. The molecule has 6 heteroatoms. The average Bonchev–Trinajstić information content (AvgIpc) is 2.87. The van der Waals surface area contributed by atoms with E-state index in [9.17, 15) is 9.59 Å². The van der Waals surface area contributed by atoms with Gasteiger partial charge in [-0.15, -0.1) is 11.3 Å². The third-order valence-electron chi connectivity index (χ3n) is 4.50. The van der Waals surface area contributed by atoms with E-state index in [2.05, 4.69) is 10.3 Å². The van der Waals surface area contributed by atoms with Gasteiger partial charge in [-0.05, 0) is 32.8 Å². The molecule has 0 spiro atoms. The van der Waals surface area contributed by atoms with Crippen LogP contribution in [-0.4, -0.2) is 15.3 Å². The van der Waals surface area contributed by atoms with Gasteiger partial charge in [0.15, 0.2) is 4.96 Å². The van der Waals surface area contributed by atoms with Crippen LogP contribution in [0.25, 0.3) is 4.96 Å². The molecular formula is C19H21N3O2S. The molecule has 5 nitrogen and oxygen atoms in total. The van der Waals surface area contributed by atoms with Crippen molar-refractivity contribution in [3.63, 3.8) is 0 Å². The van der Waals surface area contributed by atoms with Gasteiger partial charge in [0.2, 0.25) is 5.91 Å². The van der Waals surface area contributed by atoms with Crippen LogP contribution >= 0.6 is 11.3 Å². The number of hydrogen-bond acceptors (Lipinski definition) is 4. The van der Waals surface area contributed by atoms with Crippen molar-refractivity contribution in [2.45, 2.75) is 40.0 Å². The second-order valence-electron chi connectivity index (χ2n) is 6.10. The highest BCUT2D eigenvalue weighted by molar-refractivity contribution is 7.17. The highest BCUT2D eigenvalue weighted by Crippen LogP contribution is 2.23. The molecule has 0 fully saturated rings. The molecule has 1 N–H and O–H groups in total. The number of carbonyl (C=O) groups excluding carboxylic acids is 1. The van der Waals surface area contributed by atoms with Crippen molar-refractivity contribution in [2.75, 3.05) is 5.32 Å². The minimum absolute atomic E-state index is 0.180. The maximum Gasteiger partial charge on any atom is 0.282 e. The van der Waals surface area contributed by atoms with Crippen molar-refractivity contribution in [1.29, 1.82) is 0 Å². The number of anilines is 1. The fraction of sp³-hybridized carbons (Fsp3) is 0.316. The summed E-state index contributed by atoms with van der Waals surface area (Å²) in [7, 11) is 0. The molecular weight excluding hydrogens is 334 g/mol. The van der Waals surface area contributed by atoms with Crippen molar-refractivity contribution in [2.24, 2.45) is 0 Å². The van der Waals surface area contributed by atoms with E-state index < -0.39 is 0 Å². The molecule has 0 radical (unpaired) electrons. The van der Waals surface area contributed by atoms with E-state index in [-0.39, 0.29) is 23.1 Å². The van der Waals surface area contributed by atoms with E-state index in [1.807, 2.05) is 51.1 Å². The van der Waals surface area contributed by atoms with Crippen LogP contribution in [0.5, 0.6) is 0 Å². The van der Waals surface area contributed by atoms with Crippen molar-refractivity contribution >= 4 is 27.9 Å². The molecule has 1 amide bonds. The van der Waals surface area contributed by atoms with Crippen LogP contribution in [0.2, 0.25) is 0 Å². The van der Waals surface area contributed by atoms with E-state index in [4.69, 9.17) is 0 Å². The standard InChI is InChI=1S/C19H21N3O2S/c1-5-15(14-9-7-6-8-10-14)17(23)21-16-11(2)20-19-22(18(16)24)12(3)13(4)25-19/h6-10,15H,5H2,1-4H3,(H,21,23)/t15-/m1/s1. The SMILES string of the molecule is CC[C@@H](C(=O)Nc1c(C)nc2sc(C)c(C)n2c1=O)c1ccccc1. The van der Waals surface area contributed by atoms with Crippen LogP contribution in [0.15, 0.2) is 35.1 Å². The molecule has 0 aliphatic carbocycles. The first-order valence-electron chi connectivity index (χ1n) is 8.29. The maximum absolute atomic E-state index is 12.9. The number of aryl methyl sites for hydroxylation is 3. The first-order valence-corrected chi connectivity index (χ1v) is 9.10. The lowest BCUT2D eigenvalue weighted by molar-refractivity contribution is -0.117. The molecule has 3 rings (SSSR count). The van der Waals surface area contributed by atoms with Gasteiger partial charge in [-0.1, -0.05) is 37.3 Å². The van der Waals surface area contributed by atoms with Gasteiger partial charge in [-0.25, -0.2) is 4.98 Å². The summed E-state index contributed by atoms with van der Waals surface area (Å²) >= 11 is 1.48. The zero-order chi connectivity index (χ0) is 18.1. The normalized spacial score (nSPS) is 12.3. The number of nitrogens with one attached hydrogen (secondary N) is 1. The first kappa shape index (κ1) is 17.4. The Hall–Kier alpha value is -2.47. The molecule has 1 atom stereocenters. The second kappa shape index (κ2) is 6.80. The molecule has 25 heavy (non-hydrogen) atoms. The van der Waals surface area contributed by atoms with E-state index >= 15 is 0 Å². The van der Waals surface area contributed by atoms with E-state index in [1.54, 1.807) is 11.3 Å². The highest BCUT2D eigenvalue weighted by Gasteiger charge is 2.22. The minimum atomic E-state index is -0.300. The number of rotatable bonds is 4. The third kappa shape index (κ3) is 3.09. The average molecular weight is 355 g/mol. The molecule has 130 valence electrons. The van der Waals surface area contributed by atoms with Gasteiger partial charge in [-0.2, -0.15) is 0 Å². The fourth-order valence-corrected chi connectivity index (χ4v) is 3.95. The Balaban J connectivity index is 2.01. The summed E-state index contributed by atoms with van der Waals surface area (Å²) in [5, 5.41) is 2.83. The fourth-order valence-electron chi connectivity index (χ4n) is 2.95. The lowest BCUT2D eigenvalue weighted by Crippen LogP contribution is -2.28. The Labute approximate surface area is 150 Å². The Bertz CT molecular complexity index is 989. The van der Waals surface area contributed by atoms with E-state index in [1.165, 1.54) is 11.3 Å². The zero-order valence-corrected chi connectivity index (χ0v) is 15.6. The molecule has 2 aromatic heterocycles. The van der Waals surface area contributed by atoms with Crippen LogP contribution in [0.3, 0.4) is 0 Å². The van der Waals surface area contributed by atoms with Gasteiger partial charge < -0.3 is 5.32 Å². The van der Waals surface area contributed by atoms with Gasteiger partial charge in [-0.3, -0.25) is 14.0 Å². The molecule has 0 unspecified atom stereocenters. The van der Waals surface area contributed by atoms with Gasteiger partial charge >= 0.3 is 0 Å². The largest absolute Gasteiger partial charge is 0.319 e. The lowest BCUT2D eigenvalue weighted by Gasteiger charge is -2.16. The van der Waals surface area contributed by atoms with Crippen molar-refractivity contribution in [1.82, 2.24) is 9.38 Å². The predicted octanol–water partition coefficient (Wildman–Crippen LogP) is 3.81. The predicted molar refractivity (Wildman–Crippen MR) is 102 cm³/mol. The summed E-state index contributed by atoms with van der Waals surface area (Å²) in [5.41, 5.74) is 2.39. The number of nitrogens with zero attached hydrogens (tertiary/aromatic N) is 2. The van der Waals surface area contributed by atoms with Crippen LogP contribution in [-0.2, 0) is 4.79 Å². The minimum Gasteiger partial charge on any atom is -0.319 e. The molecule has 0 aliphatic heterocycles. The van der Waals surface area contributed by atoms with E-state index in [0.29, 0.717) is 17.1 Å². The Morgan fingerprint density at radius 3 is 2.56 bits per heavy atom. The second-order valence-corrected chi connectivity index (χ2v) is 7.28. The molecule has 3 aromatic rings. The van der Waals surface area contributed by atoms with Crippen molar-refractivity contribution in [3.05, 3.63) is 62.5 Å². The molecule has 1 aromatic carbocycles. The smallest absolute Gasteiger partial charge is 0.282 e. The summed E-state index contributed by atoms with van der Waals surface area (Å²) in [6.07, 6.45) is 0.655. The maximum atomic E-state index is 12.9. The molecule has 0 aliphatic rings. The summed E-state index contributed by atoms with van der Waals surface area (Å²) in [5.74, 6) is -0.480. The molecule has 2 heterocycles. The number of aromatic nitrogens is 2. The number of carbonyl (C=O) groups is 1. The molecule has 0 saturated heterocycles. The number of thiazole rings is 1. The number of amides is 1. The lowest BCUT2D eigenvalue weighted by atomic mass is 9.95. The summed E-state index contributed by atoms with van der Waals surface area (Å²) in [6, 6.07) is 9.61. The Morgan fingerprint density at radius 2 is 1.92 bits per heavy atom. The Morgan fingerprint density at radius 1 is 1.24 bits per heavy atom. The first-order chi connectivity index (χ1) is 11.9. The molecule has 0 saturated carbocycles. The van der Waals surface area contributed by atoms with Crippen LogP contribution in [0.1, 0.15) is 41.1 Å². The van der Waals surface area contributed by atoms with Crippen LogP contribution < -0.4 is 10.9 Å². The number of fused-ring (bicyclic) bond motifs is 1. The van der Waals surface area contributed by atoms with Crippen molar-refractivity contribution < 1.29 is 4.79 Å². The van der Waals surface area contributed by atoms with Gasteiger partial charge in [0.05, 0.1) is 11.6 Å².